The molecule has 1 fully saturated rings. The molecule has 150 valence electrons. The molecule has 3 heterocycles. The highest BCUT2D eigenvalue weighted by atomic mass is 16.6. The second-order valence-electron chi connectivity index (χ2n) is 7.70. The summed E-state index contributed by atoms with van der Waals surface area (Å²) in [5.41, 5.74) is 3.10. The third-order valence-corrected chi connectivity index (χ3v) is 5.98. The predicted molar refractivity (Wildman–Crippen MR) is 112 cm³/mol. The van der Waals surface area contributed by atoms with Gasteiger partial charge in [-0.15, -0.1) is 0 Å². The zero-order chi connectivity index (χ0) is 20.7. The standard InChI is InChI=1S/C23H20N4O3/c28-23(17-6-9-21(22(14-17)27(29)30)25-11-10-24-15-25)26-19-7-8-20(26)13-18(12-19)16-4-2-1-3-5-16/h1-6,9-12,14-15,19-20H,7-8,13H2/t19-,20-/m1/s1. The molecule has 0 N–H and O–H groups in total. The Morgan fingerprint density at radius 2 is 1.97 bits per heavy atom. The van der Waals surface area contributed by atoms with Crippen molar-refractivity contribution in [1.82, 2.24) is 14.5 Å². The van der Waals surface area contributed by atoms with E-state index < -0.39 is 4.92 Å². The molecule has 2 bridgehead atoms. The van der Waals surface area contributed by atoms with E-state index in [4.69, 9.17) is 0 Å². The average molecular weight is 400 g/mol. The topological polar surface area (TPSA) is 81.3 Å². The summed E-state index contributed by atoms with van der Waals surface area (Å²) < 4.78 is 1.58. The minimum atomic E-state index is -0.454. The summed E-state index contributed by atoms with van der Waals surface area (Å²) in [7, 11) is 0. The Morgan fingerprint density at radius 1 is 1.13 bits per heavy atom. The second kappa shape index (κ2) is 7.26. The van der Waals surface area contributed by atoms with Gasteiger partial charge in [-0.3, -0.25) is 14.9 Å². The molecule has 0 radical (unpaired) electrons. The number of fused-ring (bicyclic) bond motifs is 2. The third-order valence-electron chi connectivity index (χ3n) is 5.98. The Balaban J connectivity index is 1.46. The van der Waals surface area contributed by atoms with Gasteiger partial charge in [0.1, 0.15) is 5.69 Å². The quantitative estimate of drug-likeness (QED) is 0.484. The van der Waals surface area contributed by atoms with Crippen LogP contribution < -0.4 is 0 Å². The summed E-state index contributed by atoms with van der Waals surface area (Å²) in [5, 5.41) is 11.6. The van der Waals surface area contributed by atoms with E-state index in [0.29, 0.717) is 11.3 Å². The zero-order valence-electron chi connectivity index (χ0n) is 16.2. The first-order valence-electron chi connectivity index (χ1n) is 9.97. The van der Waals surface area contributed by atoms with Gasteiger partial charge in [-0.05, 0) is 42.5 Å². The van der Waals surface area contributed by atoms with Crippen LogP contribution in [0.1, 0.15) is 35.2 Å². The van der Waals surface area contributed by atoms with E-state index in [1.165, 1.54) is 23.5 Å². The highest BCUT2D eigenvalue weighted by Gasteiger charge is 2.40. The van der Waals surface area contributed by atoms with Crippen molar-refractivity contribution in [2.75, 3.05) is 0 Å². The van der Waals surface area contributed by atoms with Crippen LogP contribution >= 0.6 is 0 Å². The summed E-state index contributed by atoms with van der Waals surface area (Å²) in [6.07, 6.45) is 9.56. The van der Waals surface area contributed by atoms with Crippen LogP contribution in [0, 0.1) is 10.1 Å². The number of aromatic nitrogens is 2. The van der Waals surface area contributed by atoms with Gasteiger partial charge < -0.3 is 9.47 Å². The number of amides is 1. The Hall–Kier alpha value is -3.74. The lowest BCUT2D eigenvalue weighted by Gasteiger charge is -2.34. The Labute approximate surface area is 173 Å². The minimum Gasteiger partial charge on any atom is -0.329 e. The lowest BCUT2D eigenvalue weighted by Crippen LogP contribution is -2.43. The number of hydrogen-bond donors (Lipinski definition) is 0. The molecule has 0 aliphatic carbocycles. The number of nitro benzene ring substituents is 1. The highest BCUT2D eigenvalue weighted by Crippen LogP contribution is 2.39. The van der Waals surface area contributed by atoms with Gasteiger partial charge in [0.2, 0.25) is 0 Å². The molecular formula is C23H20N4O3. The van der Waals surface area contributed by atoms with E-state index in [1.54, 1.807) is 29.1 Å². The summed E-state index contributed by atoms with van der Waals surface area (Å²) >= 11 is 0. The van der Waals surface area contributed by atoms with E-state index in [-0.39, 0.29) is 23.7 Å². The highest BCUT2D eigenvalue weighted by molar-refractivity contribution is 5.96. The van der Waals surface area contributed by atoms with E-state index in [2.05, 4.69) is 23.2 Å². The molecule has 1 amide bonds. The van der Waals surface area contributed by atoms with Crippen LogP contribution in [-0.4, -0.2) is 37.4 Å². The van der Waals surface area contributed by atoms with E-state index in [9.17, 15) is 14.9 Å². The van der Waals surface area contributed by atoms with Gasteiger partial charge >= 0.3 is 0 Å². The molecule has 1 saturated heterocycles. The fourth-order valence-electron chi connectivity index (χ4n) is 4.58. The molecule has 2 atom stereocenters. The first kappa shape index (κ1) is 18.3. The van der Waals surface area contributed by atoms with E-state index in [0.717, 1.165) is 19.3 Å². The van der Waals surface area contributed by atoms with Gasteiger partial charge in [-0.2, -0.15) is 0 Å². The van der Waals surface area contributed by atoms with Crippen LogP contribution in [-0.2, 0) is 0 Å². The Bertz CT molecular complexity index is 1140. The first-order valence-corrected chi connectivity index (χ1v) is 9.97. The maximum absolute atomic E-state index is 13.3. The fraction of sp³-hybridized carbons (Fsp3) is 0.217. The summed E-state index contributed by atoms with van der Waals surface area (Å²) in [6.45, 7) is 0. The maximum Gasteiger partial charge on any atom is 0.294 e. The van der Waals surface area contributed by atoms with Gasteiger partial charge in [0.25, 0.3) is 11.6 Å². The summed E-state index contributed by atoms with van der Waals surface area (Å²) in [6, 6.07) is 15.1. The SMILES string of the molecule is O=C(c1ccc(-n2ccnc2)c([N+](=O)[O-])c1)N1[C@@H]2CC[C@@H]1C=C(c1ccccc1)C2. The largest absolute Gasteiger partial charge is 0.329 e. The van der Waals surface area contributed by atoms with Crippen molar-refractivity contribution in [3.8, 4) is 5.69 Å². The van der Waals surface area contributed by atoms with Crippen molar-refractivity contribution >= 4 is 17.2 Å². The number of nitrogens with zero attached hydrogens (tertiary/aromatic N) is 4. The number of hydrogen-bond acceptors (Lipinski definition) is 4. The fourth-order valence-corrected chi connectivity index (χ4v) is 4.58. The third kappa shape index (κ3) is 3.08. The number of nitro groups is 1. The van der Waals surface area contributed by atoms with Crippen LogP contribution in [0.15, 0.2) is 73.3 Å². The van der Waals surface area contributed by atoms with Gasteiger partial charge in [-0.25, -0.2) is 4.98 Å². The average Bonchev–Trinajstić information content (AvgIpc) is 3.39. The molecule has 1 aromatic heterocycles. The Morgan fingerprint density at radius 3 is 2.67 bits per heavy atom. The number of rotatable bonds is 4. The molecule has 5 rings (SSSR count). The first-order chi connectivity index (χ1) is 14.6. The number of benzene rings is 2. The molecule has 0 spiro atoms. The molecule has 30 heavy (non-hydrogen) atoms. The molecule has 0 saturated carbocycles. The van der Waals surface area contributed by atoms with Crippen molar-refractivity contribution in [2.24, 2.45) is 0 Å². The van der Waals surface area contributed by atoms with Crippen LogP contribution in [0.2, 0.25) is 0 Å². The zero-order valence-corrected chi connectivity index (χ0v) is 16.2. The number of carbonyl (C=O) groups excluding carboxylic acids is 1. The van der Waals surface area contributed by atoms with Gasteiger partial charge in [-0.1, -0.05) is 36.4 Å². The predicted octanol–water partition coefficient (Wildman–Crippen LogP) is 4.24. The second-order valence-corrected chi connectivity index (χ2v) is 7.70. The van der Waals surface area contributed by atoms with Gasteiger partial charge in [0.15, 0.2) is 0 Å². The van der Waals surface area contributed by atoms with Gasteiger partial charge in [0.05, 0.1) is 17.3 Å². The lowest BCUT2D eigenvalue weighted by atomic mass is 9.94. The summed E-state index contributed by atoms with van der Waals surface area (Å²) in [4.78, 5) is 30.4. The van der Waals surface area contributed by atoms with Crippen molar-refractivity contribution in [3.05, 3.63) is 94.6 Å². The van der Waals surface area contributed by atoms with E-state index in [1.807, 2.05) is 23.1 Å². The van der Waals surface area contributed by atoms with Crippen molar-refractivity contribution in [3.63, 3.8) is 0 Å². The van der Waals surface area contributed by atoms with Crippen LogP contribution in [0.5, 0.6) is 0 Å². The monoisotopic (exact) mass is 400 g/mol. The van der Waals surface area contributed by atoms with Gasteiger partial charge in [0, 0.05) is 30.1 Å². The lowest BCUT2D eigenvalue weighted by molar-refractivity contribution is -0.384. The van der Waals surface area contributed by atoms with Crippen molar-refractivity contribution < 1.29 is 9.72 Å². The molecule has 7 nitrogen and oxygen atoms in total. The van der Waals surface area contributed by atoms with Crippen LogP contribution in [0.25, 0.3) is 11.3 Å². The molecule has 2 aliphatic rings. The smallest absolute Gasteiger partial charge is 0.294 e. The Kier molecular flexibility index (Phi) is 4.43. The van der Waals surface area contributed by atoms with Crippen molar-refractivity contribution in [2.45, 2.75) is 31.3 Å². The van der Waals surface area contributed by atoms with E-state index >= 15 is 0 Å². The van der Waals surface area contributed by atoms with Crippen LogP contribution in [0.3, 0.4) is 0 Å². The summed E-state index contributed by atoms with van der Waals surface area (Å²) in [5.74, 6) is -0.147. The molecule has 3 aromatic rings. The van der Waals surface area contributed by atoms with Crippen molar-refractivity contribution in [1.29, 1.82) is 0 Å². The molecule has 7 heteroatoms. The molecule has 2 aromatic carbocycles. The minimum absolute atomic E-state index is 0.0267. The van der Waals surface area contributed by atoms with Crippen LogP contribution in [0.4, 0.5) is 5.69 Å². The molecule has 0 unspecified atom stereocenters. The molecular weight excluding hydrogens is 380 g/mol. The normalized spacial score (nSPS) is 20.1. The number of imidazole rings is 1. The maximum atomic E-state index is 13.3. The number of carbonyl (C=O) groups is 1. The molecule has 2 aliphatic heterocycles.